The summed E-state index contributed by atoms with van der Waals surface area (Å²) < 4.78 is 5.29. The fourth-order valence-corrected chi connectivity index (χ4v) is 3.12. The summed E-state index contributed by atoms with van der Waals surface area (Å²) in [6, 6.07) is 6.46. The van der Waals surface area contributed by atoms with Crippen molar-refractivity contribution in [2.75, 3.05) is 52.5 Å². The summed E-state index contributed by atoms with van der Waals surface area (Å²) >= 11 is 0. The van der Waals surface area contributed by atoms with Gasteiger partial charge >= 0.3 is 6.03 Å². The molecule has 0 unspecified atom stereocenters. The molecule has 0 aromatic heterocycles. The molecule has 2 aliphatic heterocycles. The van der Waals surface area contributed by atoms with Crippen molar-refractivity contribution in [3.63, 3.8) is 0 Å². The summed E-state index contributed by atoms with van der Waals surface area (Å²) in [5, 5.41) is 5.48. The van der Waals surface area contributed by atoms with Crippen LogP contribution in [0.3, 0.4) is 0 Å². The number of carbonyl (C=O) groups is 3. The highest BCUT2D eigenvalue weighted by atomic mass is 16.5. The highest BCUT2D eigenvalue weighted by Crippen LogP contribution is 2.21. The van der Waals surface area contributed by atoms with Gasteiger partial charge in [0.2, 0.25) is 0 Å². The summed E-state index contributed by atoms with van der Waals surface area (Å²) in [5.74, 6) is -0.614. The maximum absolute atomic E-state index is 12.2. The van der Waals surface area contributed by atoms with Gasteiger partial charge in [-0.3, -0.25) is 19.4 Å². The van der Waals surface area contributed by atoms with E-state index in [2.05, 4.69) is 15.5 Å². The van der Waals surface area contributed by atoms with Crippen molar-refractivity contribution in [1.82, 2.24) is 20.4 Å². The van der Waals surface area contributed by atoms with Crippen LogP contribution in [0.5, 0.6) is 0 Å². The molecule has 26 heavy (non-hydrogen) atoms. The van der Waals surface area contributed by atoms with Gasteiger partial charge in [0.15, 0.2) is 0 Å². The van der Waals surface area contributed by atoms with Crippen LogP contribution in [-0.4, -0.2) is 80.1 Å². The van der Waals surface area contributed by atoms with Crippen LogP contribution in [0.4, 0.5) is 4.79 Å². The lowest BCUT2D eigenvalue weighted by Crippen LogP contribution is -2.43. The minimum absolute atomic E-state index is 0.160. The number of hydrogen-bond donors (Lipinski definition) is 2. The zero-order chi connectivity index (χ0) is 18.4. The minimum Gasteiger partial charge on any atom is -0.379 e. The number of rotatable bonds is 7. The maximum atomic E-state index is 12.2. The molecule has 0 atom stereocenters. The fourth-order valence-electron chi connectivity index (χ4n) is 3.12. The van der Waals surface area contributed by atoms with Crippen LogP contribution in [-0.2, 0) is 4.74 Å². The molecule has 0 saturated carbocycles. The molecule has 1 aromatic rings. The van der Waals surface area contributed by atoms with E-state index in [-0.39, 0.29) is 30.9 Å². The number of amides is 4. The fraction of sp³-hybridized carbons (Fsp3) is 0.500. The van der Waals surface area contributed by atoms with E-state index in [1.165, 1.54) is 4.90 Å². The van der Waals surface area contributed by atoms with Crippen LogP contribution in [0.1, 0.15) is 27.1 Å². The summed E-state index contributed by atoms with van der Waals surface area (Å²) in [4.78, 5) is 39.7. The van der Waals surface area contributed by atoms with E-state index in [0.717, 1.165) is 39.3 Å². The van der Waals surface area contributed by atoms with E-state index in [1.807, 2.05) is 0 Å². The molecule has 2 heterocycles. The molecule has 0 bridgehead atoms. The number of nitrogens with zero attached hydrogens (tertiary/aromatic N) is 2. The summed E-state index contributed by atoms with van der Waals surface area (Å²) in [6.07, 6.45) is 0.867. The van der Waals surface area contributed by atoms with Gasteiger partial charge in [-0.1, -0.05) is 12.1 Å². The molecule has 0 radical (unpaired) electrons. The minimum atomic E-state index is -0.307. The van der Waals surface area contributed by atoms with Gasteiger partial charge in [-0.25, -0.2) is 4.79 Å². The normalized spacial score (nSPS) is 17.3. The van der Waals surface area contributed by atoms with E-state index >= 15 is 0 Å². The number of nitrogens with one attached hydrogen (secondary N) is 2. The molecule has 8 heteroatoms. The second kappa shape index (κ2) is 8.77. The van der Waals surface area contributed by atoms with Crippen molar-refractivity contribution in [1.29, 1.82) is 0 Å². The van der Waals surface area contributed by atoms with Crippen molar-refractivity contribution in [3.05, 3.63) is 35.4 Å². The molecule has 2 N–H and O–H groups in total. The Kier molecular flexibility index (Phi) is 6.19. The average molecular weight is 360 g/mol. The van der Waals surface area contributed by atoms with Gasteiger partial charge in [-0.05, 0) is 25.1 Å². The highest BCUT2D eigenvalue weighted by molar-refractivity contribution is 6.21. The van der Waals surface area contributed by atoms with E-state index in [0.29, 0.717) is 17.7 Å². The third kappa shape index (κ3) is 4.39. The Labute approximate surface area is 152 Å². The lowest BCUT2D eigenvalue weighted by molar-refractivity contribution is 0.0375. The monoisotopic (exact) mass is 360 g/mol. The van der Waals surface area contributed by atoms with E-state index in [4.69, 9.17) is 4.74 Å². The average Bonchev–Trinajstić information content (AvgIpc) is 2.91. The van der Waals surface area contributed by atoms with Crippen molar-refractivity contribution in [2.45, 2.75) is 6.42 Å². The first-order valence-electron chi connectivity index (χ1n) is 8.94. The van der Waals surface area contributed by atoms with E-state index in [1.54, 1.807) is 24.3 Å². The highest BCUT2D eigenvalue weighted by Gasteiger charge is 2.34. The first-order valence-corrected chi connectivity index (χ1v) is 8.94. The molecule has 0 aliphatic carbocycles. The van der Waals surface area contributed by atoms with Gasteiger partial charge < -0.3 is 15.4 Å². The topological polar surface area (TPSA) is 91.0 Å². The molecule has 1 saturated heterocycles. The number of hydrogen-bond acceptors (Lipinski definition) is 5. The second-order valence-electron chi connectivity index (χ2n) is 6.30. The van der Waals surface area contributed by atoms with E-state index < -0.39 is 0 Å². The third-order valence-corrected chi connectivity index (χ3v) is 4.54. The molecule has 1 aromatic carbocycles. The molecule has 2 aliphatic rings. The Balaban J connectivity index is 1.32. The van der Waals surface area contributed by atoms with Crippen molar-refractivity contribution in [2.24, 2.45) is 0 Å². The van der Waals surface area contributed by atoms with Crippen LogP contribution in [0.15, 0.2) is 24.3 Å². The van der Waals surface area contributed by atoms with Gasteiger partial charge in [0.25, 0.3) is 11.8 Å². The standard InChI is InChI=1S/C18H24N4O4/c23-16-14-4-1-2-5-15(14)17(24)22(16)9-7-20-18(25)19-6-3-8-21-10-12-26-13-11-21/h1-2,4-5H,3,6-13H2,(H2,19,20,25). The Bertz CT molecular complexity index is 638. The number of carbonyl (C=O) groups excluding carboxylic acids is 3. The SMILES string of the molecule is O=C(NCCCN1CCOCC1)NCCN1C(=O)c2ccccc2C1=O. The van der Waals surface area contributed by atoms with Crippen molar-refractivity contribution >= 4 is 17.8 Å². The first kappa shape index (κ1) is 18.3. The molecule has 8 nitrogen and oxygen atoms in total. The Morgan fingerprint density at radius 3 is 2.23 bits per heavy atom. The summed E-state index contributed by atoms with van der Waals surface area (Å²) in [6.45, 7) is 5.31. The van der Waals surface area contributed by atoms with E-state index in [9.17, 15) is 14.4 Å². The summed E-state index contributed by atoms with van der Waals surface area (Å²) in [5.41, 5.74) is 0.843. The number of imide groups is 1. The maximum Gasteiger partial charge on any atom is 0.314 e. The van der Waals surface area contributed by atoms with Crippen LogP contribution < -0.4 is 10.6 Å². The molecular formula is C18H24N4O4. The molecule has 4 amide bonds. The molecule has 3 rings (SSSR count). The lowest BCUT2D eigenvalue weighted by atomic mass is 10.1. The number of morpholine rings is 1. The number of fused-ring (bicyclic) bond motifs is 1. The Morgan fingerprint density at radius 2 is 1.58 bits per heavy atom. The zero-order valence-electron chi connectivity index (χ0n) is 14.7. The van der Waals surface area contributed by atoms with Crippen LogP contribution >= 0.6 is 0 Å². The van der Waals surface area contributed by atoms with Crippen LogP contribution in [0.2, 0.25) is 0 Å². The molecule has 0 spiro atoms. The summed E-state index contributed by atoms with van der Waals surface area (Å²) in [7, 11) is 0. The van der Waals surface area contributed by atoms with Gasteiger partial charge in [-0.15, -0.1) is 0 Å². The second-order valence-corrected chi connectivity index (χ2v) is 6.30. The quantitative estimate of drug-likeness (QED) is 0.539. The largest absolute Gasteiger partial charge is 0.379 e. The predicted molar refractivity (Wildman–Crippen MR) is 95.1 cm³/mol. The number of ether oxygens (including phenoxy) is 1. The third-order valence-electron chi connectivity index (χ3n) is 4.54. The lowest BCUT2D eigenvalue weighted by Gasteiger charge is -2.26. The predicted octanol–water partition coefficient (Wildman–Crippen LogP) is 0.304. The molecule has 1 fully saturated rings. The number of benzene rings is 1. The van der Waals surface area contributed by atoms with Crippen LogP contribution in [0.25, 0.3) is 0 Å². The smallest absolute Gasteiger partial charge is 0.314 e. The van der Waals surface area contributed by atoms with Gasteiger partial charge in [0.05, 0.1) is 24.3 Å². The van der Waals surface area contributed by atoms with Gasteiger partial charge in [0.1, 0.15) is 0 Å². The van der Waals surface area contributed by atoms with Gasteiger partial charge in [0, 0.05) is 32.7 Å². The van der Waals surface area contributed by atoms with Crippen molar-refractivity contribution in [3.8, 4) is 0 Å². The van der Waals surface area contributed by atoms with Crippen LogP contribution in [0, 0.1) is 0 Å². The zero-order valence-corrected chi connectivity index (χ0v) is 14.7. The Hall–Kier alpha value is -2.45. The Morgan fingerprint density at radius 1 is 0.962 bits per heavy atom. The molecule has 140 valence electrons. The first-order chi connectivity index (χ1) is 12.7. The van der Waals surface area contributed by atoms with Crippen molar-refractivity contribution < 1.29 is 19.1 Å². The van der Waals surface area contributed by atoms with Gasteiger partial charge in [-0.2, -0.15) is 0 Å². The number of urea groups is 1. The molecular weight excluding hydrogens is 336 g/mol.